The highest BCUT2D eigenvalue weighted by molar-refractivity contribution is 7.19. The van der Waals surface area contributed by atoms with Crippen molar-refractivity contribution in [2.24, 2.45) is 5.92 Å². The van der Waals surface area contributed by atoms with Crippen LogP contribution in [0.5, 0.6) is 0 Å². The number of carbonyl (C=O) groups is 1. The van der Waals surface area contributed by atoms with Gasteiger partial charge < -0.3 is 15.0 Å². The Labute approximate surface area is 195 Å². The first-order valence-corrected chi connectivity index (χ1v) is 12.3. The number of aryl methyl sites for hydroxylation is 1. The third-order valence-corrected chi connectivity index (χ3v) is 7.75. The van der Waals surface area contributed by atoms with Gasteiger partial charge in [0.05, 0.1) is 23.1 Å². The third-order valence-electron chi connectivity index (χ3n) is 6.59. The Morgan fingerprint density at radius 3 is 2.91 bits per heavy atom. The van der Waals surface area contributed by atoms with E-state index in [2.05, 4.69) is 26.4 Å². The van der Waals surface area contributed by atoms with Crippen molar-refractivity contribution in [3.05, 3.63) is 47.4 Å². The molecule has 4 aromatic heterocycles. The van der Waals surface area contributed by atoms with E-state index in [0.717, 1.165) is 46.5 Å². The zero-order valence-corrected chi connectivity index (χ0v) is 19.5. The van der Waals surface area contributed by atoms with Gasteiger partial charge in [-0.1, -0.05) is 0 Å². The van der Waals surface area contributed by atoms with Crippen molar-refractivity contribution >= 4 is 44.5 Å². The van der Waals surface area contributed by atoms with Gasteiger partial charge in [0.2, 0.25) is 5.91 Å². The standard InChI is InChI=1S/C24H26N6O2S/c1-14-11-29(12-15(2)32-14)24(31)16-3-4-19-20(9-16)33-23-21(19)22(25-13-26-23)28-17-6-8-30-18(10-17)5-7-27-30/h5-8,10,13-16H,3-4,9,11-12H2,1-2H3,(H,25,26,28)/t14-,15-,16-/m0/s1. The van der Waals surface area contributed by atoms with Crippen LogP contribution in [0.2, 0.25) is 0 Å². The van der Waals surface area contributed by atoms with Crippen LogP contribution >= 0.6 is 11.3 Å². The van der Waals surface area contributed by atoms with E-state index < -0.39 is 0 Å². The van der Waals surface area contributed by atoms with E-state index in [-0.39, 0.29) is 24.0 Å². The first-order chi connectivity index (χ1) is 16.0. The van der Waals surface area contributed by atoms with Crippen LogP contribution in [0.1, 0.15) is 30.7 Å². The fourth-order valence-electron chi connectivity index (χ4n) is 5.17. The van der Waals surface area contributed by atoms with E-state index in [9.17, 15) is 4.79 Å². The molecule has 170 valence electrons. The van der Waals surface area contributed by atoms with Crippen LogP contribution in [0.4, 0.5) is 11.5 Å². The minimum absolute atomic E-state index is 0.0247. The number of hydrogen-bond acceptors (Lipinski definition) is 7. The van der Waals surface area contributed by atoms with Crippen LogP contribution in [-0.4, -0.2) is 55.7 Å². The molecular weight excluding hydrogens is 436 g/mol. The molecule has 1 saturated heterocycles. The van der Waals surface area contributed by atoms with Crippen molar-refractivity contribution in [3.63, 3.8) is 0 Å². The SMILES string of the molecule is C[C@H]1CN(C(=O)[C@H]2CCc3c(sc4ncnc(Nc5ccn6nccc6c5)c34)C2)C[C@H](C)O1. The summed E-state index contributed by atoms with van der Waals surface area (Å²) >= 11 is 1.70. The molecule has 33 heavy (non-hydrogen) atoms. The first kappa shape index (κ1) is 20.6. The Hall–Kier alpha value is -3.04. The van der Waals surface area contributed by atoms with Gasteiger partial charge in [-0.25, -0.2) is 14.5 Å². The maximum Gasteiger partial charge on any atom is 0.226 e. The number of fused-ring (bicyclic) bond motifs is 4. The summed E-state index contributed by atoms with van der Waals surface area (Å²) in [4.78, 5) is 26.6. The summed E-state index contributed by atoms with van der Waals surface area (Å²) in [5, 5.41) is 8.83. The first-order valence-electron chi connectivity index (χ1n) is 11.4. The van der Waals surface area contributed by atoms with E-state index in [4.69, 9.17) is 4.74 Å². The number of hydrogen-bond donors (Lipinski definition) is 1. The van der Waals surface area contributed by atoms with Crippen LogP contribution in [-0.2, 0) is 22.4 Å². The van der Waals surface area contributed by atoms with Crippen LogP contribution < -0.4 is 5.32 Å². The Kier molecular flexibility index (Phi) is 5.03. The van der Waals surface area contributed by atoms with Crippen molar-refractivity contribution in [1.29, 1.82) is 0 Å². The summed E-state index contributed by atoms with van der Waals surface area (Å²) in [7, 11) is 0. The highest BCUT2D eigenvalue weighted by atomic mass is 32.1. The van der Waals surface area contributed by atoms with Gasteiger partial charge in [0.1, 0.15) is 17.0 Å². The average molecular weight is 463 g/mol. The fourth-order valence-corrected chi connectivity index (χ4v) is 6.44. The maximum absolute atomic E-state index is 13.3. The van der Waals surface area contributed by atoms with Gasteiger partial charge in [0.25, 0.3) is 0 Å². The Morgan fingerprint density at radius 2 is 2.06 bits per heavy atom. The zero-order valence-electron chi connectivity index (χ0n) is 18.7. The average Bonchev–Trinajstić information content (AvgIpc) is 3.41. The molecule has 1 aliphatic carbocycles. The molecule has 0 radical (unpaired) electrons. The topological polar surface area (TPSA) is 84.7 Å². The molecule has 0 spiro atoms. The van der Waals surface area contributed by atoms with Crippen LogP contribution in [0, 0.1) is 5.92 Å². The van der Waals surface area contributed by atoms with Gasteiger partial charge in [0.15, 0.2) is 0 Å². The number of thiophene rings is 1. The smallest absolute Gasteiger partial charge is 0.226 e. The summed E-state index contributed by atoms with van der Waals surface area (Å²) in [6.07, 6.45) is 8.01. The lowest BCUT2D eigenvalue weighted by molar-refractivity contribution is -0.147. The van der Waals surface area contributed by atoms with Gasteiger partial charge in [-0.3, -0.25) is 4.79 Å². The second-order valence-electron chi connectivity index (χ2n) is 9.09. The minimum atomic E-state index is 0.0247. The largest absolute Gasteiger partial charge is 0.372 e. The molecule has 1 amide bonds. The van der Waals surface area contributed by atoms with Gasteiger partial charge in [-0.15, -0.1) is 11.3 Å². The molecule has 0 aromatic carbocycles. The van der Waals surface area contributed by atoms with Crippen LogP contribution in [0.25, 0.3) is 15.7 Å². The molecule has 8 nitrogen and oxygen atoms in total. The van der Waals surface area contributed by atoms with Gasteiger partial charge in [0, 0.05) is 42.0 Å². The van der Waals surface area contributed by atoms with E-state index >= 15 is 0 Å². The van der Waals surface area contributed by atoms with Crippen molar-refractivity contribution in [2.45, 2.75) is 45.3 Å². The zero-order chi connectivity index (χ0) is 22.5. The molecule has 5 heterocycles. The monoisotopic (exact) mass is 462 g/mol. The minimum Gasteiger partial charge on any atom is -0.372 e. The van der Waals surface area contributed by atoms with Gasteiger partial charge in [-0.05, 0) is 56.9 Å². The maximum atomic E-state index is 13.3. The molecule has 0 bridgehead atoms. The predicted molar refractivity (Wildman–Crippen MR) is 128 cm³/mol. The molecule has 1 fully saturated rings. The lowest BCUT2D eigenvalue weighted by Crippen LogP contribution is -2.50. The summed E-state index contributed by atoms with van der Waals surface area (Å²) in [6.45, 7) is 5.44. The molecule has 9 heteroatoms. The summed E-state index contributed by atoms with van der Waals surface area (Å²) < 4.78 is 7.65. The van der Waals surface area contributed by atoms with Crippen LogP contribution in [0.3, 0.4) is 0 Å². The van der Waals surface area contributed by atoms with Gasteiger partial charge in [-0.2, -0.15) is 5.10 Å². The summed E-state index contributed by atoms with van der Waals surface area (Å²) in [5.74, 6) is 1.11. The Bertz CT molecular complexity index is 1340. The number of carbonyl (C=O) groups excluding carboxylic acids is 1. The Morgan fingerprint density at radius 1 is 1.21 bits per heavy atom. The highest BCUT2D eigenvalue weighted by Gasteiger charge is 2.34. The lowest BCUT2D eigenvalue weighted by Gasteiger charge is -2.37. The number of amides is 1. The fraction of sp³-hybridized carbons (Fsp3) is 0.417. The van der Waals surface area contributed by atoms with Gasteiger partial charge >= 0.3 is 0 Å². The van der Waals surface area contributed by atoms with Crippen molar-refractivity contribution < 1.29 is 9.53 Å². The molecule has 1 N–H and O–H groups in total. The van der Waals surface area contributed by atoms with Crippen molar-refractivity contribution in [2.75, 3.05) is 18.4 Å². The molecule has 1 aliphatic heterocycles. The van der Waals surface area contributed by atoms with Crippen LogP contribution in [0.15, 0.2) is 36.9 Å². The number of anilines is 2. The number of rotatable bonds is 3. The number of ether oxygens (including phenoxy) is 1. The van der Waals surface area contributed by atoms with E-state index in [1.165, 1.54) is 10.4 Å². The molecule has 2 aliphatic rings. The Balaban J connectivity index is 1.27. The normalized spacial score (nSPS) is 23.1. The molecular formula is C24H26N6O2S. The molecule has 6 rings (SSSR count). The number of nitrogens with one attached hydrogen (secondary N) is 1. The number of pyridine rings is 1. The number of nitrogens with zero attached hydrogens (tertiary/aromatic N) is 5. The summed E-state index contributed by atoms with van der Waals surface area (Å²) in [6, 6.07) is 6.02. The van der Waals surface area contributed by atoms with Crippen molar-refractivity contribution in [3.8, 4) is 0 Å². The lowest BCUT2D eigenvalue weighted by atomic mass is 9.86. The number of aromatic nitrogens is 4. The third kappa shape index (κ3) is 3.75. The second kappa shape index (κ2) is 8.07. The molecule has 4 aromatic rings. The number of morpholine rings is 1. The molecule has 3 atom stereocenters. The molecule has 0 saturated carbocycles. The van der Waals surface area contributed by atoms with E-state index in [1.54, 1.807) is 23.9 Å². The van der Waals surface area contributed by atoms with E-state index in [1.807, 2.05) is 41.6 Å². The predicted octanol–water partition coefficient (Wildman–Crippen LogP) is 3.82. The summed E-state index contributed by atoms with van der Waals surface area (Å²) in [5.41, 5.74) is 3.27. The second-order valence-corrected chi connectivity index (χ2v) is 10.2. The quantitative estimate of drug-likeness (QED) is 0.498. The van der Waals surface area contributed by atoms with Crippen molar-refractivity contribution in [1.82, 2.24) is 24.5 Å². The molecule has 0 unspecified atom stereocenters. The highest BCUT2D eigenvalue weighted by Crippen LogP contribution is 2.41. The van der Waals surface area contributed by atoms with E-state index in [0.29, 0.717) is 13.1 Å².